The fourth-order valence-electron chi connectivity index (χ4n) is 3.73. The molecule has 2 rings (SSSR count). The minimum absolute atomic E-state index is 0.00192. The fourth-order valence-corrected chi connectivity index (χ4v) is 3.90. The minimum Gasteiger partial charge on any atom is -0.464 e. The van der Waals surface area contributed by atoms with Crippen molar-refractivity contribution >= 4 is 95.7 Å². The monoisotopic (exact) mass is 583 g/mol. The molecule has 1 amide bonds. The zero-order chi connectivity index (χ0) is 31.4. The highest BCUT2D eigenvalue weighted by Crippen LogP contribution is 2.38. The van der Waals surface area contributed by atoms with E-state index in [4.69, 9.17) is 88.6 Å². The van der Waals surface area contributed by atoms with Gasteiger partial charge in [0, 0.05) is 16.8 Å². The molecular formula is C24H23B7Cl2FN3O4. The van der Waals surface area contributed by atoms with E-state index in [1.807, 2.05) is 0 Å². The first-order valence-electron chi connectivity index (χ1n) is 12.2. The predicted octanol–water partition coefficient (Wildman–Crippen LogP) is -0.943. The Morgan fingerprint density at radius 1 is 0.951 bits per heavy atom. The van der Waals surface area contributed by atoms with E-state index in [0.717, 1.165) is 0 Å². The second-order valence-electron chi connectivity index (χ2n) is 9.54. The lowest BCUT2D eigenvalue weighted by Crippen LogP contribution is -2.76. The van der Waals surface area contributed by atoms with Gasteiger partial charge in [-0.25, -0.2) is 9.18 Å². The number of esters is 1. The van der Waals surface area contributed by atoms with Crippen LogP contribution in [0.5, 0.6) is 0 Å². The molecule has 0 saturated heterocycles. The number of hydrogen-bond acceptors (Lipinski definition) is 6. The molecule has 7 nitrogen and oxygen atoms in total. The number of nitrogens with two attached hydrogens (primary N) is 1. The van der Waals surface area contributed by atoms with E-state index in [9.17, 15) is 19.1 Å². The van der Waals surface area contributed by atoms with Crippen LogP contribution < -0.4 is 16.0 Å². The lowest BCUT2D eigenvalue weighted by Gasteiger charge is -2.59. The Morgan fingerprint density at radius 2 is 1.44 bits per heavy atom. The van der Waals surface area contributed by atoms with E-state index in [0.29, 0.717) is 16.0 Å². The lowest BCUT2D eigenvalue weighted by molar-refractivity contribution is -0.147. The van der Waals surface area contributed by atoms with Crippen LogP contribution in [0, 0.1) is 5.82 Å². The van der Waals surface area contributed by atoms with E-state index >= 15 is 0 Å². The molecule has 0 fully saturated rings. The minimum atomic E-state index is -2.85. The van der Waals surface area contributed by atoms with Crippen LogP contribution in [0.15, 0.2) is 48.5 Å². The number of nitrogens with zero attached hydrogens (tertiary/aromatic N) is 1. The van der Waals surface area contributed by atoms with Crippen LogP contribution in [0.25, 0.3) is 0 Å². The van der Waals surface area contributed by atoms with Crippen molar-refractivity contribution in [2.75, 3.05) is 11.5 Å². The van der Waals surface area contributed by atoms with Gasteiger partial charge < -0.3 is 25.8 Å². The lowest BCUT2D eigenvalue weighted by atomic mass is 9.40. The van der Waals surface area contributed by atoms with Crippen molar-refractivity contribution in [3.05, 3.63) is 65.5 Å². The number of rotatable bonds is 13. The van der Waals surface area contributed by atoms with Crippen LogP contribution >= 0.6 is 23.2 Å². The van der Waals surface area contributed by atoms with Crippen molar-refractivity contribution < 1.29 is 23.8 Å². The molecule has 3 unspecified atom stereocenters. The van der Waals surface area contributed by atoms with Gasteiger partial charge in [-0.15, -0.1) is 23.2 Å². The summed E-state index contributed by atoms with van der Waals surface area (Å²) < 4.78 is 13.4. The van der Waals surface area contributed by atoms with Crippen LogP contribution in [0.4, 0.5) is 10.1 Å². The molecule has 2 aromatic carbocycles. The van der Waals surface area contributed by atoms with Gasteiger partial charge in [-0.1, -0.05) is 24.3 Å². The van der Waals surface area contributed by atoms with Crippen molar-refractivity contribution in [1.82, 2.24) is 5.32 Å². The van der Waals surface area contributed by atoms with Crippen molar-refractivity contribution in [2.24, 2.45) is 5.73 Å². The van der Waals surface area contributed by atoms with Crippen molar-refractivity contribution in [1.29, 1.82) is 0 Å². The number of amides is 1. The summed E-state index contributed by atoms with van der Waals surface area (Å²) in [7, 11) is 40.7. The fraction of sp³-hybridized carbons (Fsp3) is 0.417. The molecule has 41 heavy (non-hydrogen) atoms. The number of alkyl halides is 2. The molecule has 0 saturated carbocycles. The average Bonchev–Trinajstić information content (AvgIpc) is 2.84. The third kappa shape index (κ3) is 8.79. The zero-order valence-electron chi connectivity index (χ0n) is 22.3. The number of anilines is 1. The molecule has 0 aliphatic heterocycles. The summed E-state index contributed by atoms with van der Waals surface area (Å²) in [6.07, 6.45) is 0.0562. The average molecular weight is 583 g/mol. The standard InChI is InChI=1S/C24H23B7Cl2FN3O4/c1-2-41-20(39)18(12-14-3-7-15(34)8-4-14)36-19(38)17(35)11-13-5-9-16(10-6-13)37(23(29,30)21(25,26)32)24(31,40)22(27,28)33/h3-10,17-18,40H,2,11-12,35H2,1H3,(H,36,38). The van der Waals surface area contributed by atoms with Crippen LogP contribution in [-0.2, 0) is 27.2 Å². The van der Waals surface area contributed by atoms with E-state index < -0.39 is 50.1 Å². The third-order valence-electron chi connectivity index (χ3n) is 6.12. The van der Waals surface area contributed by atoms with Gasteiger partial charge in [0.25, 0.3) is 0 Å². The van der Waals surface area contributed by atoms with Crippen molar-refractivity contribution in [3.63, 3.8) is 0 Å². The van der Waals surface area contributed by atoms with Crippen molar-refractivity contribution in [3.8, 4) is 0 Å². The summed E-state index contributed by atoms with van der Waals surface area (Å²) in [6.45, 7) is 1.71. The molecule has 0 aliphatic carbocycles. The maximum Gasteiger partial charge on any atom is 0.328 e. The summed E-state index contributed by atoms with van der Waals surface area (Å²) in [5.41, 5.74) is 4.38. The Kier molecular flexibility index (Phi) is 11.7. The molecule has 200 valence electrons. The first-order valence-corrected chi connectivity index (χ1v) is 13.0. The van der Waals surface area contributed by atoms with Gasteiger partial charge in [0.15, 0.2) is 0 Å². The Bertz CT molecular complexity index is 1170. The first kappa shape index (κ1) is 35.3. The molecule has 0 aromatic heterocycles. The summed E-state index contributed by atoms with van der Waals surface area (Å²) in [5.74, 6) is -1.76. The van der Waals surface area contributed by atoms with Gasteiger partial charge in [0.1, 0.15) is 19.7 Å². The molecular weight excluding hydrogens is 560 g/mol. The normalized spacial score (nSPS) is 15.3. The van der Waals surface area contributed by atoms with Crippen LogP contribution in [0.1, 0.15) is 18.1 Å². The highest BCUT2D eigenvalue weighted by molar-refractivity contribution is 6.71. The van der Waals surface area contributed by atoms with Crippen LogP contribution in [0.3, 0.4) is 0 Å². The van der Waals surface area contributed by atoms with E-state index in [2.05, 4.69) is 5.32 Å². The van der Waals surface area contributed by atoms with Gasteiger partial charge in [-0.3, -0.25) is 4.79 Å². The number of ether oxygens (including phenoxy) is 1. The topological polar surface area (TPSA) is 105 Å². The molecule has 0 aliphatic rings. The highest BCUT2D eigenvalue weighted by Gasteiger charge is 2.50. The molecule has 0 heterocycles. The van der Waals surface area contributed by atoms with E-state index in [1.54, 1.807) is 6.92 Å². The number of carbonyl (C=O) groups excluding carboxylic acids is 2. The first-order chi connectivity index (χ1) is 18.7. The molecule has 2 aromatic rings. The number of benzene rings is 2. The zero-order valence-corrected chi connectivity index (χ0v) is 23.8. The molecule has 0 spiro atoms. The molecule has 3 atom stereocenters. The van der Waals surface area contributed by atoms with Gasteiger partial charge >= 0.3 is 5.97 Å². The number of carbonyl (C=O) groups is 2. The maximum atomic E-state index is 13.3. The Morgan fingerprint density at radius 3 is 1.90 bits per heavy atom. The number of halogens is 3. The summed E-state index contributed by atoms with van der Waals surface area (Å²) in [5, 5.41) is 11.0. The summed E-state index contributed by atoms with van der Waals surface area (Å²) in [4.78, 5) is 26.0. The quantitative estimate of drug-likeness (QED) is 0.122. The van der Waals surface area contributed by atoms with Crippen LogP contribution in [-0.4, -0.2) is 111 Å². The van der Waals surface area contributed by atoms with Crippen LogP contribution in [0.2, 0.25) is 0 Å². The van der Waals surface area contributed by atoms with Gasteiger partial charge in [-0.05, 0) is 58.7 Å². The Labute approximate surface area is 259 Å². The number of aliphatic hydroxyl groups is 1. The maximum absolute atomic E-state index is 13.3. The molecule has 17 heteroatoms. The smallest absolute Gasteiger partial charge is 0.328 e. The third-order valence-corrected chi connectivity index (χ3v) is 6.70. The largest absolute Gasteiger partial charge is 0.464 e. The SMILES string of the molecule is [B]C([B])(Cl)C([B])([B])N(c1ccc(CC(N)C(=O)NC(Cc2ccc(F)cc2)C(=O)OCC)cc1)C([B])(O)C([B])([B])Cl. The Hall–Kier alpha value is -1.94. The second kappa shape index (κ2) is 13.6. The van der Waals surface area contributed by atoms with Crippen molar-refractivity contribution in [2.45, 2.75) is 52.2 Å². The highest BCUT2D eigenvalue weighted by atomic mass is 35.5. The van der Waals surface area contributed by atoms with Gasteiger partial charge in [-0.2, -0.15) is 0 Å². The second-order valence-corrected chi connectivity index (χ2v) is 10.8. The molecule has 14 radical (unpaired) electrons. The number of nitrogens with one attached hydrogen (secondary N) is 1. The van der Waals surface area contributed by atoms with E-state index in [1.165, 1.54) is 48.5 Å². The summed E-state index contributed by atoms with van der Waals surface area (Å²) in [6, 6.07) is 9.02. The Balaban J connectivity index is 2.25. The number of hydrogen-bond donors (Lipinski definition) is 3. The molecule has 0 bridgehead atoms. The summed E-state index contributed by atoms with van der Waals surface area (Å²) >= 11 is 11.9. The van der Waals surface area contributed by atoms with Gasteiger partial charge in [0.05, 0.1) is 65.4 Å². The predicted molar refractivity (Wildman–Crippen MR) is 164 cm³/mol. The van der Waals surface area contributed by atoms with Gasteiger partial charge in [0.2, 0.25) is 5.91 Å². The van der Waals surface area contributed by atoms with E-state index in [-0.39, 0.29) is 25.1 Å². The molecule has 4 N–H and O–H groups in total.